The van der Waals surface area contributed by atoms with Crippen LogP contribution in [-0.4, -0.2) is 11.8 Å². The number of hydrogen-bond acceptors (Lipinski definition) is 2. The summed E-state index contributed by atoms with van der Waals surface area (Å²) in [6.45, 7) is 7.35. The molecule has 0 aromatic heterocycles. The summed E-state index contributed by atoms with van der Waals surface area (Å²) in [4.78, 5) is 10.2. The number of allylic oxidation sites excluding steroid dienone is 1. The van der Waals surface area contributed by atoms with E-state index in [2.05, 4.69) is 50.4 Å². The van der Waals surface area contributed by atoms with Gasteiger partial charge in [0.05, 0.1) is 0 Å². The third-order valence-corrected chi connectivity index (χ3v) is 2.35. The molecule has 0 radical (unpaired) electrons. The topological polar surface area (TPSA) is 29.1 Å². The van der Waals surface area contributed by atoms with Gasteiger partial charge in [0, 0.05) is 18.5 Å². The summed E-state index contributed by atoms with van der Waals surface area (Å²) in [5.41, 5.74) is 2.54. The predicted octanol–water partition coefficient (Wildman–Crippen LogP) is 3.18. The zero-order chi connectivity index (χ0) is 12.7. The molecule has 1 aromatic carbocycles. The number of nitrogens with one attached hydrogen (secondary N) is 1. The van der Waals surface area contributed by atoms with Crippen LogP contribution in [-0.2, 0) is 11.3 Å². The van der Waals surface area contributed by atoms with Crippen molar-refractivity contribution in [1.82, 2.24) is 5.32 Å². The second-order valence-corrected chi connectivity index (χ2v) is 5.15. The van der Waals surface area contributed by atoms with Gasteiger partial charge >= 0.3 is 0 Å². The van der Waals surface area contributed by atoms with Crippen LogP contribution in [0.4, 0.5) is 0 Å². The summed E-state index contributed by atoms with van der Waals surface area (Å²) in [6.07, 6.45) is 5.22. The quantitative estimate of drug-likeness (QED) is 0.789. The van der Waals surface area contributed by atoms with Gasteiger partial charge in [-0.15, -0.1) is 0 Å². The number of rotatable bonds is 5. The van der Waals surface area contributed by atoms with Gasteiger partial charge in [-0.25, -0.2) is 0 Å². The molecule has 0 aliphatic heterocycles. The summed E-state index contributed by atoms with van der Waals surface area (Å²) in [5.74, 6) is 0. The lowest BCUT2D eigenvalue weighted by Crippen LogP contribution is -2.35. The van der Waals surface area contributed by atoms with Crippen LogP contribution in [0.3, 0.4) is 0 Å². The second kappa shape index (κ2) is 6.36. The van der Waals surface area contributed by atoms with Crippen LogP contribution in [0.25, 0.3) is 6.08 Å². The van der Waals surface area contributed by atoms with Crippen LogP contribution in [0.15, 0.2) is 30.3 Å². The van der Waals surface area contributed by atoms with Crippen molar-refractivity contribution in [2.45, 2.75) is 39.3 Å². The molecule has 2 nitrogen and oxygen atoms in total. The minimum atomic E-state index is 0.141. The molecule has 0 fully saturated rings. The monoisotopic (exact) mass is 231 g/mol. The fourth-order valence-electron chi connectivity index (χ4n) is 1.37. The standard InChI is InChI=1S/C15H21NO/c1-15(2,3)16-12-14-9-7-13(8-10-14)6-4-5-11-17/h4,6-11,16H,5,12H2,1-3H3. The third kappa shape index (κ3) is 6.03. The Kier molecular flexibility index (Phi) is 5.11. The smallest absolute Gasteiger partial charge is 0.123 e. The van der Waals surface area contributed by atoms with Gasteiger partial charge in [-0.1, -0.05) is 36.4 Å². The first-order valence-corrected chi connectivity index (χ1v) is 5.95. The minimum absolute atomic E-state index is 0.141. The fourth-order valence-corrected chi connectivity index (χ4v) is 1.37. The van der Waals surface area contributed by atoms with Gasteiger partial charge in [0.1, 0.15) is 6.29 Å². The highest BCUT2D eigenvalue weighted by Crippen LogP contribution is 2.08. The third-order valence-electron chi connectivity index (χ3n) is 2.35. The zero-order valence-corrected chi connectivity index (χ0v) is 10.9. The van der Waals surface area contributed by atoms with Crippen molar-refractivity contribution in [2.24, 2.45) is 0 Å². The van der Waals surface area contributed by atoms with E-state index >= 15 is 0 Å². The number of hydrogen-bond donors (Lipinski definition) is 1. The van der Waals surface area contributed by atoms with Crippen LogP contribution in [0.5, 0.6) is 0 Å². The molecular weight excluding hydrogens is 210 g/mol. The second-order valence-electron chi connectivity index (χ2n) is 5.15. The average molecular weight is 231 g/mol. The van der Waals surface area contributed by atoms with E-state index in [0.717, 1.165) is 18.4 Å². The Balaban J connectivity index is 2.53. The lowest BCUT2D eigenvalue weighted by atomic mass is 10.1. The number of carbonyl (C=O) groups is 1. The first-order chi connectivity index (χ1) is 8.01. The highest BCUT2D eigenvalue weighted by atomic mass is 16.1. The average Bonchev–Trinajstić information content (AvgIpc) is 2.27. The van der Waals surface area contributed by atoms with Gasteiger partial charge in [0.15, 0.2) is 0 Å². The van der Waals surface area contributed by atoms with Crippen molar-refractivity contribution in [2.75, 3.05) is 0 Å². The Bertz CT molecular complexity index is 371. The molecule has 0 unspecified atom stereocenters. The van der Waals surface area contributed by atoms with Gasteiger partial charge in [-0.2, -0.15) is 0 Å². The maximum absolute atomic E-state index is 10.2. The summed E-state index contributed by atoms with van der Waals surface area (Å²) in [5, 5.41) is 3.45. The Morgan fingerprint density at radius 3 is 2.35 bits per heavy atom. The van der Waals surface area contributed by atoms with Crippen LogP contribution in [0.2, 0.25) is 0 Å². The lowest BCUT2D eigenvalue weighted by Gasteiger charge is -2.20. The molecule has 0 spiro atoms. The zero-order valence-electron chi connectivity index (χ0n) is 10.9. The molecule has 1 N–H and O–H groups in total. The van der Waals surface area contributed by atoms with E-state index in [1.807, 2.05) is 12.2 Å². The van der Waals surface area contributed by atoms with Crippen molar-refractivity contribution < 1.29 is 4.79 Å². The lowest BCUT2D eigenvalue weighted by molar-refractivity contribution is -0.107. The normalized spacial score (nSPS) is 11.9. The van der Waals surface area contributed by atoms with E-state index in [4.69, 9.17) is 0 Å². The number of carbonyl (C=O) groups excluding carboxylic acids is 1. The van der Waals surface area contributed by atoms with Gasteiger partial charge < -0.3 is 10.1 Å². The van der Waals surface area contributed by atoms with E-state index in [1.54, 1.807) is 0 Å². The predicted molar refractivity (Wildman–Crippen MR) is 72.7 cm³/mol. The molecule has 2 heteroatoms. The highest BCUT2D eigenvalue weighted by molar-refractivity contribution is 5.57. The van der Waals surface area contributed by atoms with Crippen molar-refractivity contribution in [3.63, 3.8) is 0 Å². The minimum Gasteiger partial charge on any atom is -0.308 e. The summed E-state index contributed by atoms with van der Waals surface area (Å²) in [6, 6.07) is 8.36. The Labute approximate surface area is 104 Å². The van der Waals surface area contributed by atoms with Crippen molar-refractivity contribution in [3.05, 3.63) is 41.5 Å². The van der Waals surface area contributed by atoms with E-state index < -0.39 is 0 Å². The first kappa shape index (κ1) is 13.7. The molecule has 0 amide bonds. The van der Waals surface area contributed by atoms with Crippen LogP contribution in [0.1, 0.15) is 38.3 Å². The largest absolute Gasteiger partial charge is 0.308 e. The number of aldehydes is 1. The summed E-state index contributed by atoms with van der Waals surface area (Å²) in [7, 11) is 0. The van der Waals surface area contributed by atoms with E-state index in [1.165, 1.54) is 5.56 Å². The Morgan fingerprint density at radius 1 is 1.18 bits per heavy atom. The molecule has 0 heterocycles. The fraction of sp³-hybridized carbons (Fsp3) is 0.400. The molecule has 0 saturated heterocycles. The number of benzene rings is 1. The van der Waals surface area contributed by atoms with Crippen molar-refractivity contribution in [3.8, 4) is 0 Å². The van der Waals surface area contributed by atoms with Gasteiger partial charge in [-0.05, 0) is 31.9 Å². The Morgan fingerprint density at radius 2 is 1.82 bits per heavy atom. The summed E-state index contributed by atoms with van der Waals surface area (Å²) < 4.78 is 0. The Hall–Kier alpha value is -1.41. The van der Waals surface area contributed by atoms with Crippen molar-refractivity contribution >= 4 is 12.4 Å². The molecule has 0 saturated carbocycles. The van der Waals surface area contributed by atoms with E-state index in [0.29, 0.717) is 6.42 Å². The molecule has 1 aromatic rings. The van der Waals surface area contributed by atoms with Crippen LogP contribution >= 0.6 is 0 Å². The van der Waals surface area contributed by atoms with Crippen LogP contribution in [0, 0.1) is 0 Å². The summed E-state index contributed by atoms with van der Waals surface area (Å²) >= 11 is 0. The van der Waals surface area contributed by atoms with Gasteiger partial charge in [0.25, 0.3) is 0 Å². The molecule has 0 aliphatic carbocycles. The maximum atomic E-state index is 10.2. The molecule has 1 rings (SSSR count). The van der Waals surface area contributed by atoms with E-state index in [9.17, 15) is 4.79 Å². The SMILES string of the molecule is CC(C)(C)NCc1ccc(C=CCC=O)cc1. The van der Waals surface area contributed by atoms with Gasteiger partial charge in [-0.3, -0.25) is 0 Å². The highest BCUT2D eigenvalue weighted by Gasteiger charge is 2.07. The van der Waals surface area contributed by atoms with Gasteiger partial charge in [0.2, 0.25) is 0 Å². The van der Waals surface area contributed by atoms with Crippen molar-refractivity contribution in [1.29, 1.82) is 0 Å². The molecule has 0 aliphatic rings. The molecule has 17 heavy (non-hydrogen) atoms. The molecule has 0 atom stereocenters. The molecule has 0 bridgehead atoms. The van der Waals surface area contributed by atoms with Crippen LogP contribution < -0.4 is 5.32 Å². The van der Waals surface area contributed by atoms with E-state index in [-0.39, 0.29) is 5.54 Å². The maximum Gasteiger partial charge on any atom is 0.123 e. The molecular formula is C15H21NO. The molecule has 92 valence electrons. The first-order valence-electron chi connectivity index (χ1n) is 5.95.